The van der Waals surface area contributed by atoms with Crippen LogP contribution < -0.4 is 10.1 Å². The van der Waals surface area contributed by atoms with Crippen LogP contribution in [0.5, 0.6) is 5.75 Å². The zero-order chi connectivity index (χ0) is 18.7. The molecule has 2 aliphatic rings. The van der Waals surface area contributed by atoms with Gasteiger partial charge < -0.3 is 19.7 Å². The summed E-state index contributed by atoms with van der Waals surface area (Å²) in [7, 11) is -2.34. The third kappa shape index (κ3) is 3.71. The van der Waals surface area contributed by atoms with Crippen LogP contribution in [0.2, 0.25) is 0 Å². The Labute approximate surface area is 154 Å². The second-order valence-corrected chi connectivity index (χ2v) is 8.34. The number of carbonyl (C=O) groups is 1. The average Bonchev–Trinajstić information content (AvgIpc) is 2.68. The van der Waals surface area contributed by atoms with Gasteiger partial charge in [-0.3, -0.25) is 4.79 Å². The number of amides is 1. The fourth-order valence-corrected chi connectivity index (χ4v) is 4.84. The van der Waals surface area contributed by atoms with E-state index in [9.17, 15) is 13.2 Å². The second kappa shape index (κ2) is 7.91. The molecule has 0 aromatic heterocycles. The van der Waals surface area contributed by atoms with Gasteiger partial charge in [0.05, 0.1) is 20.3 Å². The van der Waals surface area contributed by atoms with Crippen molar-refractivity contribution in [2.45, 2.75) is 17.9 Å². The molecule has 0 unspecified atom stereocenters. The van der Waals surface area contributed by atoms with Crippen molar-refractivity contribution in [1.29, 1.82) is 0 Å². The van der Waals surface area contributed by atoms with Gasteiger partial charge in [-0.05, 0) is 25.1 Å². The molecule has 0 spiro atoms. The maximum Gasteiger partial charge on any atom is 0.254 e. The highest BCUT2D eigenvalue weighted by Gasteiger charge is 2.31. The summed E-state index contributed by atoms with van der Waals surface area (Å²) in [6.45, 7) is 5.32. The zero-order valence-electron chi connectivity index (χ0n) is 15.1. The van der Waals surface area contributed by atoms with Gasteiger partial charge in [0, 0.05) is 44.3 Å². The van der Waals surface area contributed by atoms with Crippen LogP contribution in [0.3, 0.4) is 0 Å². The maximum atomic E-state index is 13.0. The monoisotopic (exact) mass is 383 g/mol. The molecule has 1 aromatic rings. The Morgan fingerprint density at radius 1 is 1.27 bits per heavy atom. The molecule has 2 saturated heterocycles. The van der Waals surface area contributed by atoms with E-state index in [0.29, 0.717) is 38.4 Å². The molecule has 0 aliphatic carbocycles. The lowest BCUT2D eigenvalue weighted by Crippen LogP contribution is -2.52. The van der Waals surface area contributed by atoms with Gasteiger partial charge in [-0.2, -0.15) is 4.31 Å². The highest BCUT2D eigenvalue weighted by molar-refractivity contribution is 7.89. The first-order valence-electron chi connectivity index (χ1n) is 8.73. The van der Waals surface area contributed by atoms with Gasteiger partial charge in [0.1, 0.15) is 10.6 Å². The van der Waals surface area contributed by atoms with Crippen LogP contribution in [0.1, 0.15) is 17.3 Å². The normalized spacial score (nSPS) is 22.2. The molecule has 2 heterocycles. The van der Waals surface area contributed by atoms with Gasteiger partial charge in [-0.25, -0.2) is 8.42 Å². The molecule has 1 amide bonds. The number of ether oxygens (including phenoxy) is 2. The lowest BCUT2D eigenvalue weighted by atomic mass is 10.1. The molecule has 1 aromatic carbocycles. The van der Waals surface area contributed by atoms with Crippen molar-refractivity contribution in [2.24, 2.45) is 0 Å². The van der Waals surface area contributed by atoms with Crippen LogP contribution in [0.4, 0.5) is 0 Å². The maximum absolute atomic E-state index is 13.0. The number of nitrogens with zero attached hydrogens (tertiary/aromatic N) is 2. The molecule has 2 fully saturated rings. The van der Waals surface area contributed by atoms with Gasteiger partial charge in [0.2, 0.25) is 10.0 Å². The third-order valence-electron chi connectivity index (χ3n) is 4.76. The van der Waals surface area contributed by atoms with E-state index in [0.717, 1.165) is 13.1 Å². The topological polar surface area (TPSA) is 88.2 Å². The number of hydrogen-bond acceptors (Lipinski definition) is 6. The Morgan fingerprint density at radius 3 is 2.65 bits per heavy atom. The molecule has 0 radical (unpaired) electrons. The van der Waals surface area contributed by atoms with Crippen LogP contribution >= 0.6 is 0 Å². The molecule has 3 rings (SSSR count). The first-order valence-corrected chi connectivity index (χ1v) is 10.2. The number of nitrogens with one attached hydrogen (secondary N) is 1. The van der Waals surface area contributed by atoms with E-state index in [2.05, 4.69) is 5.32 Å². The number of piperazine rings is 1. The highest BCUT2D eigenvalue weighted by atomic mass is 32.2. The number of hydrogen-bond donors (Lipinski definition) is 1. The summed E-state index contributed by atoms with van der Waals surface area (Å²) in [6, 6.07) is 4.65. The van der Waals surface area contributed by atoms with Gasteiger partial charge in [-0.15, -0.1) is 0 Å². The van der Waals surface area contributed by atoms with Crippen molar-refractivity contribution in [2.75, 3.05) is 53.0 Å². The number of methoxy groups -OCH3 is 1. The summed E-state index contributed by atoms with van der Waals surface area (Å²) in [5.74, 6) is 0.0708. The number of rotatable bonds is 4. The van der Waals surface area contributed by atoms with Crippen LogP contribution in [-0.4, -0.2) is 82.6 Å². The number of sulfonamides is 1. The predicted octanol–water partition coefficient (Wildman–Crippen LogP) is 0.150. The summed E-state index contributed by atoms with van der Waals surface area (Å²) >= 11 is 0. The van der Waals surface area contributed by atoms with Crippen molar-refractivity contribution in [1.82, 2.24) is 14.5 Å². The number of benzene rings is 1. The van der Waals surface area contributed by atoms with Gasteiger partial charge in [0.25, 0.3) is 5.91 Å². The molecule has 8 nitrogen and oxygen atoms in total. The van der Waals surface area contributed by atoms with Crippen LogP contribution in [-0.2, 0) is 14.8 Å². The SMILES string of the molecule is COc1ccc(C(=O)N2CCNC[C@@H]2C)cc1S(=O)(=O)N1CCOCC1. The summed E-state index contributed by atoms with van der Waals surface area (Å²) in [5.41, 5.74) is 0.353. The van der Waals surface area contributed by atoms with E-state index >= 15 is 0 Å². The van der Waals surface area contributed by atoms with E-state index in [1.165, 1.54) is 17.5 Å². The third-order valence-corrected chi connectivity index (χ3v) is 6.68. The molecule has 2 aliphatic heterocycles. The van der Waals surface area contributed by atoms with Gasteiger partial charge >= 0.3 is 0 Å². The molecule has 0 saturated carbocycles. The van der Waals surface area contributed by atoms with Crippen molar-refractivity contribution < 1.29 is 22.7 Å². The Kier molecular flexibility index (Phi) is 5.81. The largest absolute Gasteiger partial charge is 0.495 e. The fraction of sp³-hybridized carbons (Fsp3) is 0.588. The Bertz CT molecular complexity index is 762. The Hall–Kier alpha value is -1.68. The fourth-order valence-electron chi connectivity index (χ4n) is 3.25. The molecular formula is C17H25N3O5S. The Morgan fingerprint density at radius 2 is 2.00 bits per heavy atom. The first-order chi connectivity index (χ1) is 12.4. The lowest BCUT2D eigenvalue weighted by molar-refractivity contribution is 0.0655. The van der Waals surface area contributed by atoms with Crippen LogP contribution in [0.25, 0.3) is 0 Å². The minimum absolute atomic E-state index is 0.0236. The van der Waals surface area contributed by atoms with E-state index in [1.54, 1.807) is 17.0 Å². The first kappa shape index (κ1) is 19.1. The summed E-state index contributed by atoms with van der Waals surface area (Å²) < 4.78 is 37.9. The Balaban J connectivity index is 1.95. The molecular weight excluding hydrogens is 358 g/mol. The lowest BCUT2D eigenvalue weighted by Gasteiger charge is -2.34. The standard InChI is InChI=1S/C17H25N3O5S/c1-13-12-18-5-6-20(13)17(21)14-3-4-15(24-2)16(11-14)26(22,23)19-7-9-25-10-8-19/h3-4,11,13,18H,5-10,12H2,1-2H3/t13-/m0/s1. The molecule has 1 N–H and O–H groups in total. The molecule has 144 valence electrons. The highest BCUT2D eigenvalue weighted by Crippen LogP contribution is 2.29. The quantitative estimate of drug-likeness (QED) is 0.796. The molecule has 9 heteroatoms. The zero-order valence-corrected chi connectivity index (χ0v) is 15.9. The predicted molar refractivity (Wildman–Crippen MR) is 95.9 cm³/mol. The van der Waals surface area contributed by atoms with E-state index in [4.69, 9.17) is 9.47 Å². The summed E-state index contributed by atoms with van der Waals surface area (Å²) in [5, 5.41) is 3.24. The van der Waals surface area contributed by atoms with Crippen molar-refractivity contribution >= 4 is 15.9 Å². The number of morpholine rings is 1. The van der Waals surface area contributed by atoms with Gasteiger partial charge in [0.15, 0.2) is 0 Å². The van der Waals surface area contributed by atoms with E-state index < -0.39 is 10.0 Å². The van der Waals surface area contributed by atoms with Crippen LogP contribution in [0, 0.1) is 0 Å². The molecule has 26 heavy (non-hydrogen) atoms. The van der Waals surface area contributed by atoms with Crippen molar-refractivity contribution in [3.63, 3.8) is 0 Å². The minimum Gasteiger partial charge on any atom is -0.495 e. The van der Waals surface area contributed by atoms with Gasteiger partial charge in [-0.1, -0.05) is 0 Å². The van der Waals surface area contributed by atoms with Crippen molar-refractivity contribution in [3.8, 4) is 5.75 Å². The van der Waals surface area contributed by atoms with E-state index in [-0.39, 0.29) is 22.6 Å². The van der Waals surface area contributed by atoms with Crippen LogP contribution in [0.15, 0.2) is 23.1 Å². The minimum atomic E-state index is -3.76. The molecule has 0 bridgehead atoms. The smallest absolute Gasteiger partial charge is 0.254 e. The summed E-state index contributed by atoms with van der Waals surface area (Å²) in [6.07, 6.45) is 0. The average molecular weight is 383 g/mol. The molecule has 1 atom stereocenters. The summed E-state index contributed by atoms with van der Waals surface area (Å²) in [4.78, 5) is 14.7. The second-order valence-electron chi connectivity index (χ2n) is 6.43. The van der Waals surface area contributed by atoms with E-state index in [1.807, 2.05) is 6.92 Å². The number of carbonyl (C=O) groups excluding carboxylic acids is 1. The van der Waals surface area contributed by atoms with Crippen molar-refractivity contribution in [3.05, 3.63) is 23.8 Å².